The number of rotatable bonds is 4. The van der Waals surface area contributed by atoms with Crippen LogP contribution in [0.15, 0.2) is 24.3 Å². The molecule has 1 aliphatic heterocycles. The van der Waals surface area contributed by atoms with Crippen LogP contribution in [-0.2, 0) is 9.47 Å². The van der Waals surface area contributed by atoms with Crippen LogP contribution in [-0.4, -0.2) is 24.6 Å². The Bertz CT molecular complexity index is 350. The zero-order chi connectivity index (χ0) is 12.1. The Labute approximate surface area is 106 Å². The molecular formula is C13H17ClO3. The van der Waals surface area contributed by atoms with Gasteiger partial charge in [-0.25, -0.2) is 0 Å². The van der Waals surface area contributed by atoms with Crippen LogP contribution in [0.25, 0.3) is 0 Å². The molecule has 1 fully saturated rings. The smallest absolute Gasteiger partial charge is 0.157 e. The molecule has 3 nitrogen and oxygen atoms in total. The van der Waals surface area contributed by atoms with Crippen LogP contribution >= 0.6 is 11.6 Å². The highest BCUT2D eigenvalue weighted by atomic mass is 35.5. The number of aliphatic hydroxyl groups is 1. The summed E-state index contributed by atoms with van der Waals surface area (Å²) in [5.41, 5.74) is 0.841. The molecule has 0 aliphatic carbocycles. The van der Waals surface area contributed by atoms with E-state index in [0.717, 1.165) is 25.2 Å². The number of aliphatic hydroxyl groups excluding tert-OH is 1. The summed E-state index contributed by atoms with van der Waals surface area (Å²) in [5.74, 6) is 0. The van der Waals surface area contributed by atoms with Crippen molar-refractivity contribution in [2.24, 2.45) is 0 Å². The average molecular weight is 257 g/mol. The molecule has 94 valence electrons. The Balaban J connectivity index is 1.82. The third-order valence-corrected chi connectivity index (χ3v) is 3.04. The second-order valence-corrected chi connectivity index (χ2v) is 4.61. The lowest BCUT2D eigenvalue weighted by Crippen LogP contribution is -2.25. The standard InChI is InChI=1S/C13H17ClO3/c14-11-4-1-3-10(9-11)12(15)5-6-13-16-7-2-8-17-13/h1,3-4,9,12-13,15H,2,5-8H2. The number of hydrogen-bond acceptors (Lipinski definition) is 3. The van der Waals surface area contributed by atoms with Crippen molar-refractivity contribution in [1.29, 1.82) is 0 Å². The van der Waals surface area contributed by atoms with Gasteiger partial charge >= 0.3 is 0 Å². The predicted octanol–water partition coefficient (Wildman–Crippen LogP) is 2.92. The van der Waals surface area contributed by atoms with Crippen LogP contribution in [0.2, 0.25) is 5.02 Å². The van der Waals surface area contributed by atoms with Gasteiger partial charge in [0, 0.05) is 11.4 Å². The van der Waals surface area contributed by atoms with Gasteiger partial charge in [0.25, 0.3) is 0 Å². The van der Waals surface area contributed by atoms with E-state index in [2.05, 4.69) is 0 Å². The fourth-order valence-electron chi connectivity index (χ4n) is 1.88. The second-order valence-electron chi connectivity index (χ2n) is 4.17. The molecule has 0 saturated carbocycles. The van der Waals surface area contributed by atoms with Gasteiger partial charge in [0.15, 0.2) is 6.29 Å². The van der Waals surface area contributed by atoms with Gasteiger partial charge in [-0.3, -0.25) is 0 Å². The minimum Gasteiger partial charge on any atom is -0.388 e. The van der Waals surface area contributed by atoms with Crippen LogP contribution in [0.5, 0.6) is 0 Å². The number of ether oxygens (including phenoxy) is 2. The third-order valence-electron chi connectivity index (χ3n) is 2.81. The van der Waals surface area contributed by atoms with Gasteiger partial charge < -0.3 is 14.6 Å². The molecule has 0 amide bonds. The zero-order valence-electron chi connectivity index (χ0n) is 9.64. The minimum atomic E-state index is -0.511. The number of benzene rings is 1. The summed E-state index contributed by atoms with van der Waals surface area (Å²) in [5, 5.41) is 10.7. The monoisotopic (exact) mass is 256 g/mol. The molecular weight excluding hydrogens is 240 g/mol. The van der Waals surface area contributed by atoms with E-state index in [-0.39, 0.29) is 6.29 Å². The van der Waals surface area contributed by atoms with Crippen molar-refractivity contribution in [2.75, 3.05) is 13.2 Å². The van der Waals surface area contributed by atoms with E-state index >= 15 is 0 Å². The SMILES string of the molecule is OC(CCC1OCCCO1)c1cccc(Cl)c1. The predicted molar refractivity (Wildman–Crippen MR) is 66.0 cm³/mol. The summed E-state index contributed by atoms with van der Waals surface area (Å²) in [6.07, 6.45) is 1.59. The van der Waals surface area contributed by atoms with Gasteiger partial charge in [0.1, 0.15) is 0 Å². The van der Waals surface area contributed by atoms with Crippen molar-refractivity contribution < 1.29 is 14.6 Å². The summed E-state index contributed by atoms with van der Waals surface area (Å²) in [4.78, 5) is 0. The highest BCUT2D eigenvalue weighted by Gasteiger charge is 2.16. The first-order chi connectivity index (χ1) is 8.25. The van der Waals surface area contributed by atoms with E-state index < -0.39 is 6.10 Å². The summed E-state index contributed by atoms with van der Waals surface area (Å²) in [6.45, 7) is 1.50. The van der Waals surface area contributed by atoms with Gasteiger partial charge in [-0.2, -0.15) is 0 Å². The first kappa shape index (κ1) is 12.8. The van der Waals surface area contributed by atoms with Crippen molar-refractivity contribution in [1.82, 2.24) is 0 Å². The Morgan fingerprint density at radius 2 is 2.12 bits per heavy atom. The Morgan fingerprint density at radius 1 is 1.35 bits per heavy atom. The molecule has 2 rings (SSSR count). The van der Waals surface area contributed by atoms with Crippen molar-refractivity contribution in [2.45, 2.75) is 31.7 Å². The lowest BCUT2D eigenvalue weighted by molar-refractivity contribution is -0.183. The molecule has 1 atom stereocenters. The maximum absolute atomic E-state index is 10.0. The van der Waals surface area contributed by atoms with Crippen LogP contribution in [0.4, 0.5) is 0 Å². The fraction of sp³-hybridized carbons (Fsp3) is 0.538. The summed E-state index contributed by atoms with van der Waals surface area (Å²) < 4.78 is 10.9. The normalized spacial score (nSPS) is 19.2. The van der Waals surface area contributed by atoms with E-state index in [1.165, 1.54) is 0 Å². The van der Waals surface area contributed by atoms with Crippen LogP contribution in [0.1, 0.15) is 30.9 Å². The molecule has 1 saturated heterocycles. The molecule has 1 N–H and O–H groups in total. The van der Waals surface area contributed by atoms with E-state index in [1.807, 2.05) is 12.1 Å². The van der Waals surface area contributed by atoms with Crippen molar-refractivity contribution in [3.05, 3.63) is 34.9 Å². The van der Waals surface area contributed by atoms with E-state index in [9.17, 15) is 5.11 Å². The van der Waals surface area contributed by atoms with Crippen LogP contribution in [0, 0.1) is 0 Å². The molecule has 1 unspecified atom stereocenters. The highest BCUT2D eigenvalue weighted by Crippen LogP contribution is 2.23. The van der Waals surface area contributed by atoms with Gasteiger partial charge in [-0.1, -0.05) is 23.7 Å². The maximum Gasteiger partial charge on any atom is 0.157 e. The summed E-state index contributed by atoms with van der Waals surface area (Å²) >= 11 is 5.88. The fourth-order valence-corrected chi connectivity index (χ4v) is 2.08. The minimum absolute atomic E-state index is 0.169. The molecule has 1 aliphatic rings. The van der Waals surface area contributed by atoms with Gasteiger partial charge in [0.05, 0.1) is 19.3 Å². The first-order valence-corrected chi connectivity index (χ1v) is 6.30. The average Bonchev–Trinajstić information content (AvgIpc) is 2.37. The Morgan fingerprint density at radius 3 is 2.82 bits per heavy atom. The lowest BCUT2D eigenvalue weighted by Gasteiger charge is -2.24. The number of hydrogen-bond donors (Lipinski definition) is 1. The van der Waals surface area contributed by atoms with Crippen LogP contribution in [0.3, 0.4) is 0 Å². The molecule has 1 aromatic rings. The van der Waals surface area contributed by atoms with Crippen molar-refractivity contribution >= 4 is 11.6 Å². The van der Waals surface area contributed by atoms with Gasteiger partial charge in [-0.05, 0) is 30.5 Å². The summed E-state index contributed by atoms with van der Waals surface area (Å²) in [6, 6.07) is 7.30. The quantitative estimate of drug-likeness (QED) is 0.900. The molecule has 0 spiro atoms. The van der Waals surface area contributed by atoms with Crippen molar-refractivity contribution in [3.63, 3.8) is 0 Å². The first-order valence-electron chi connectivity index (χ1n) is 5.92. The Hall–Kier alpha value is -0.610. The Kier molecular flexibility index (Phi) is 4.80. The van der Waals surface area contributed by atoms with Gasteiger partial charge in [-0.15, -0.1) is 0 Å². The third kappa shape index (κ3) is 3.96. The van der Waals surface area contributed by atoms with E-state index in [1.54, 1.807) is 12.1 Å². The highest BCUT2D eigenvalue weighted by molar-refractivity contribution is 6.30. The maximum atomic E-state index is 10.0. The number of halogens is 1. The molecule has 0 radical (unpaired) electrons. The molecule has 1 heterocycles. The molecule has 1 aromatic carbocycles. The van der Waals surface area contributed by atoms with E-state index in [4.69, 9.17) is 21.1 Å². The zero-order valence-corrected chi connectivity index (χ0v) is 10.4. The summed E-state index contributed by atoms with van der Waals surface area (Å²) in [7, 11) is 0. The van der Waals surface area contributed by atoms with Crippen molar-refractivity contribution in [3.8, 4) is 0 Å². The van der Waals surface area contributed by atoms with Gasteiger partial charge in [0.2, 0.25) is 0 Å². The molecule has 0 aromatic heterocycles. The van der Waals surface area contributed by atoms with Crippen LogP contribution < -0.4 is 0 Å². The topological polar surface area (TPSA) is 38.7 Å². The molecule has 0 bridgehead atoms. The lowest BCUT2D eigenvalue weighted by atomic mass is 10.0. The molecule has 4 heteroatoms. The molecule has 17 heavy (non-hydrogen) atoms. The second kappa shape index (κ2) is 6.36. The van der Waals surface area contributed by atoms with E-state index in [0.29, 0.717) is 17.9 Å². The largest absolute Gasteiger partial charge is 0.388 e.